The number of halogens is 6. The van der Waals surface area contributed by atoms with E-state index in [9.17, 15) is 31.1 Å². The third-order valence-electron chi connectivity index (χ3n) is 4.93. The lowest BCUT2D eigenvalue weighted by Gasteiger charge is -2.35. The molecule has 0 bridgehead atoms. The fraction of sp³-hybridized carbons (Fsp3) is 0.444. The number of nitrogens with two attached hydrogens (primary N) is 1. The van der Waals surface area contributed by atoms with E-state index in [1.54, 1.807) is 6.92 Å². The van der Waals surface area contributed by atoms with E-state index >= 15 is 0 Å². The van der Waals surface area contributed by atoms with Gasteiger partial charge >= 0.3 is 14.0 Å². The van der Waals surface area contributed by atoms with E-state index in [4.69, 9.17) is 25.0 Å². The maximum Gasteiger partial charge on any atom is 0.466 e. The lowest BCUT2D eigenvalue weighted by atomic mass is 10.0. The van der Waals surface area contributed by atoms with Crippen LogP contribution in [-0.2, 0) is 28.5 Å². The minimum Gasteiger partial charge on any atom is -0.412 e. The zero-order valence-corrected chi connectivity index (χ0v) is 18.9. The average Bonchev–Trinajstić information content (AvgIpc) is 3.10. The zero-order chi connectivity index (χ0) is 26.0. The third-order valence-corrected chi connectivity index (χ3v) is 4.93. The molecule has 0 saturated heterocycles. The molecule has 198 valence electrons. The number of imidazole rings is 1. The molecule has 7 N–H and O–H groups in total. The van der Waals surface area contributed by atoms with E-state index < -0.39 is 55.3 Å². The highest BCUT2D eigenvalue weighted by Gasteiger charge is 2.40. The molecule has 2 aromatic rings. The first-order valence-corrected chi connectivity index (χ1v) is 11.1. The first-order valence-electron chi connectivity index (χ1n) is 9.58. The van der Waals surface area contributed by atoms with Gasteiger partial charge in [-0.05, 0) is 25.0 Å². The Labute approximate surface area is 194 Å². The summed E-state index contributed by atoms with van der Waals surface area (Å²) < 4.78 is 89.0. The molecule has 0 aliphatic carbocycles. The van der Waals surface area contributed by atoms with Crippen LogP contribution in [0.3, 0.4) is 0 Å². The molecule has 1 aromatic carbocycles. The number of nitrogens with zero attached hydrogens (tertiary/aromatic N) is 3. The van der Waals surface area contributed by atoms with Crippen molar-refractivity contribution in [2.45, 2.75) is 44.6 Å². The van der Waals surface area contributed by atoms with Gasteiger partial charge in [0.1, 0.15) is 5.82 Å². The van der Waals surface area contributed by atoms with Crippen LogP contribution in [-0.4, -0.2) is 53.1 Å². The first kappa shape index (κ1) is 30.5. The number of carbonyl (C=O) groups is 1. The molecule has 3 rings (SSSR count). The summed E-state index contributed by atoms with van der Waals surface area (Å²) in [6.45, 7) is 1.53. The van der Waals surface area contributed by atoms with Crippen molar-refractivity contribution in [2.24, 2.45) is 5.73 Å². The predicted molar refractivity (Wildman–Crippen MR) is 108 cm³/mol. The number of hydrogen-bond donors (Lipinski definition) is 4. The third kappa shape index (κ3) is 8.30. The van der Waals surface area contributed by atoms with Crippen LogP contribution in [0.5, 0.6) is 0 Å². The topological polar surface area (TPSA) is 173 Å². The summed E-state index contributed by atoms with van der Waals surface area (Å²) in [6, 6.07) is -0.445. The van der Waals surface area contributed by atoms with Gasteiger partial charge in [-0.25, -0.2) is 22.7 Å². The van der Waals surface area contributed by atoms with Crippen molar-refractivity contribution in [3.63, 3.8) is 0 Å². The molecule has 35 heavy (non-hydrogen) atoms. The average molecular weight is 536 g/mol. The lowest BCUT2D eigenvalue weighted by molar-refractivity contribution is -0.148. The normalized spacial score (nSPS) is 16.5. The number of fused-ring (bicyclic) bond motifs is 1. The molecule has 1 unspecified atom stereocenters. The molecule has 0 spiro atoms. The number of hydrogen-bond acceptors (Lipinski definition) is 4. The maximum absolute atomic E-state index is 13.7. The van der Waals surface area contributed by atoms with Crippen molar-refractivity contribution >= 4 is 13.7 Å². The van der Waals surface area contributed by atoms with Crippen LogP contribution in [0.25, 0.3) is 0 Å². The van der Waals surface area contributed by atoms with Crippen LogP contribution < -0.4 is 5.73 Å². The molecule has 10 nitrogen and oxygen atoms in total. The Kier molecular flexibility index (Phi) is 10.0. The van der Waals surface area contributed by atoms with Crippen LogP contribution in [0.1, 0.15) is 36.5 Å². The summed E-state index contributed by atoms with van der Waals surface area (Å²) in [4.78, 5) is 39.0. The summed E-state index contributed by atoms with van der Waals surface area (Å²) in [7, 11) is -4.64. The molecule has 2 atom stereocenters. The monoisotopic (exact) mass is 536 g/mol. The number of rotatable bonds is 4. The van der Waals surface area contributed by atoms with Crippen LogP contribution in [0.4, 0.5) is 26.3 Å². The summed E-state index contributed by atoms with van der Waals surface area (Å²) in [5, 5.41) is 0. The lowest BCUT2D eigenvalue weighted by Crippen LogP contribution is -2.43. The second-order valence-corrected chi connectivity index (χ2v) is 8.49. The molecule has 1 aromatic heterocycles. The van der Waals surface area contributed by atoms with E-state index in [1.807, 2.05) is 0 Å². The molecule has 1 aliphatic heterocycles. The van der Waals surface area contributed by atoms with Gasteiger partial charge in [0.25, 0.3) is 0 Å². The molecule has 1 amide bonds. The van der Waals surface area contributed by atoms with E-state index in [1.165, 1.54) is 4.90 Å². The molecule has 0 saturated carbocycles. The predicted octanol–water partition coefficient (Wildman–Crippen LogP) is 1.43. The molecule has 2 heterocycles. The second-order valence-electron chi connectivity index (χ2n) is 7.46. The Hall–Kier alpha value is -2.49. The summed E-state index contributed by atoms with van der Waals surface area (Å²) >= 11 is 0. The summed E-state index contributed by atoms with van der Waals surface area (Å²) in [5.74, 6) is -4.97. The highest BCUT2D eigenvalue weighted by molar-refractivity contribution is 7.45. The number of carbonyl (C=O) groups excluding carboxylic acids is 1. The standard InChI is InChI=1S/C18H18F6N4O.H3O4P.H2O/c1-9-15-8-26-17(18(22,23)24)28(15)3-2-27(9)16(29)6-11(25)4-10-5-13(20)14(21)7-12(10)19;1-5(2,3)4;/h5,7-9,11H,2-4,6,25H2,1H3;(H3,1,2,3,4);1H2/t9-,11?;;/m1../s1. The molecular formula is C18H23F6N4O6P. The minimum atomic E-state index is -4.64. The van der Waals surface area contributed by atoms with Crippen LogP contribution in [0, 0.1) is 17.5 Å². The van der Waals surface area contributed by atoms with Crippen LogP contribution in [0.15, 0.2) is 18.3 Å². The Bertz CT molecular complexity index is 1080. The van der Waals surface area contributed by atoms with Crippen molar-refractivity contribution in [2.75, 3.05) is 6.54 Å². The van der Waals surface area contributed by atoms with E-state index in [2.05, 4.69) is 4.98 Å². The highest BCUT2D eigenvalue weighted by atomic mass is 31.2. The van der Waals surface area contributed by atoms with Gasteiger partial charge in [-0.1, -0.05) is 0 Å². The van der Waals surface area contributed by atoms with Gasteiger partial charge in [0.15, 0.2) is 11.6 Å². The Morgan fingerprint density at radius 1 is 1.17 bits per heavy atom. The van der Waals surface area contributed by atoms with Gasteiger partial charge in [-0.3, -0.25) is 4.79 Å². The van der Waals surface area contributed by atoms with Gasteiger partial charge in [0.2, 0.25) is 11.7 Å². The number of amides is 1. The van der Waals surface area contributed by atoms with E-state index in [0.717, 1.165) is 10.8 Å². The van der Waals surface area contributed by atoms with E-state index in [-0.39, 0.29) is 42.7 Å². The highest BCUT2D eigenvalue weighted by Crippen LogP contribution is 2.34. The van der Waals surface area contributed by atoms with E-state index in [0.29, 0.717) is 12.1 Å². The Morgan fingerprint density at radius 3 is 2.26 bits per heavy atom. The van der Waals surface area contributed by atoms with Gasteiger partial charge in [0.05, 0.1) is 17.9 Å². The Morgan fingerprint density at radius 2 is 1.71 bits per heavy atom. The SMILES string of the molecule is C[C@@H]1c2cnc(C(F)(F)F)n2CCN1C(=O)CC(N)Cc1cc(F)c(F)cc1F.O.O=P(O)(O)O. The quantitative estimate of drug-likeness (QED) is 0.260. The smallest absolute Gasteiger partial charge is 0.412 e. The first-order chi connectivity index (χ1) is 15.5. The van der Waals surface area contributed by atoms with Crippen molar-refractivity contribution in [3.05, 3.63) is 52.9 Å². The largest absolute Gasteiger partial charge is 0.466 e. The minimum absolute atomic E-state index is 0. The number of aromatic nitrogens is 2. The van der Waals surface area contributed by atoms with Gasteiger partial charge in [-0.15, -0.1) is 0 Å². The van der Waals surface area contributed by atoms with Crippen molar-refractivity contribution in [1.82, 2.24) is 14.5 Å². The number of alkyl halides is 3. The summed E-state index contributed by atoms with van der Waals surface area (Å²) in [6.07, 6.45) is -3.94. The molecule has 17 heteroatoms. The molecule has 0 fully saturated rings. The molecule has 0 radical (unpaired) electrons. The number of benzene rings is 1. The second kappa shape index (κ2) is 11.5. The fourth-order valence-corrected chi connectivity index (χ4v) is 3.50. The van der Waals surface area contributed by atoms with Crippen molar-refractivity contribution < 1.29 is 55.9 Å². The molecule has 1 aliphatic rings. The molecular weight excluding hydrogens is 513 g/mol. The van der Waals surface area contributed by atoms with Crippen LogP contribution in [0.2, 0.25) is 0 Å². The van der Waals surface area contributed by atoms with Crippen LogP contribution >= 0.6 is 7.82 Å². The van der Waals surface area contributed by atoms with Gasteiger partial charge in [0, 0.05) is 31.6 Å². The fourth-order valence-electron chi connectivity index (χ4n) is 3.50. The Balaban J connectivity index is 0.000000927. The zero-order valence-electron chi connectivity index (χ0n) is 18.0. The van der Waals surface area contributed by atoms with Crippen molar-refractivity contribution in [1.29, 1.82) is 0 Å². The van der Waals surface area contributed by atoms with Gasteiger partial charge < -0.3 is 35.4 Å². The summed E-state index contributed by atoms with van der Waals surface area (Å²) in [5.41, 5.74) is 5.96. The number of phosphoric acid groups is 1. The van der Waals surface area contributed by atoms with Crippen molar-refractivity contribution in [3.8, 4) is 0 Å². The van der Waals surface area contributed by atoms with Gasteiger partial charge in [-0.2, -0.15) is 13.2 Å². The maximum atomic E-state index is 13.7.